The summed E-state index contributed by atoms with van der Waals surface area (Å²) in [5.41, 5.74) is 0.0628. The molecule has 1 atom stereocenters. The minimum atomic E-state index is 0.0628. The quantitative estimate of drug-likeness (QED) is 0.603. The first-order valence-electron chi connectivity index (χ1n) is 4.79. The van der Waals surface area contributed by atoms with Gasteiger partial charge in [0, 0.05) is 18.9 Å². The maximum absolute atomic E-state index is 5.96. The van der Waals surface area contributed by atoms with Crippen molar-refractivity contribution in [1.29, 1.82) is 0 Å². The fourth-order valence-electron chi connectivity index (χ4n) is 1.60. The number of halogens is 2. The Morgan fingerprint density at radius 1 is 1.31 bits per heavy atom. The van der Waals surface area contributed by atoms with Gasteiger partial charge in [-0.05, 0) is 25.2 Å². The van der Waals surface area contributed by atoms with Gasteiger partial charge in [0.25, 0.3) is 0 Å². The van der Waals surface area contributed by atoms with Crippen molar-refractivity contribution in [1.82, 2.24) is 0 Å². The van der Waals surface area contributed by atoms with Gasteiger partial charge in [-0.2, -0.15) is 0 Å². The number of hydrogen-bond donors (Lipinski definition) is 0. The number of methoxy groups -OCH3 is 1. The predicted molar refractivity (Wildman–Crippen MR) is 59.9 cm³/mol. The third-order valence-electron chi connectivity index (χ3n) is 2.47. The third-order valence-corrected chi connectivity index (χ3v) is 3.60. The lowest BCUT2D eigenvalue weighted by Gasteiger charge is -2.31. The molecule has 1 unspecified atom stereocenters. The minimum absolute atomic E-state index is 0.0628. The van der Waals surface area contributed by atoms with Gasteiger partial charge in [0.1, 0.15) is 0 Å². The lowest BCUT2D eigenvalue weighted by molar-refractivity contribution is 0.0745. The first-order valence-corrected chi connectivity index (χ1v) is 5.85. The van der Waals surface area contributed by atoms with Gasteiger partial charge in [0.2, 0.25) is 0 Å². The number of alkyl halides is 2. The van der Waals surface area contributed by atoms with E-state index in [-0.39, 0.29) is 11.5 Å². The molecule has 80 valence electrons. The lowest BCUT2D eigenvalue weighted by Crippen LogP contribution is -2.30. The monoisotopic (exact) mass is 226 g/mol. The maximum atomic E-state index is 5.96. The average molecular weight is 227 g/mol. The molecule has 0 aliphatic heterocycles. The molecule has 0 rings (SSSR count). The first-order chi connectivity index (χ1) is 6.14. The van der Waals surface area contributed by atoms with Crippen LogP contribution in [0.4, 0.5) is 0 Å². The van der Waals surface area contributed by atoms with Crippen LogP contribution >= 0.6 is 23.2 Å². The molecule has 0 saturated carbocycles. The molecule has 0 aliphatic carbocycles. The number of rotatable bonds is 7. The topological polar surface area (TPSA) is 9.23 Å². The summed E-state index contributed by atoms with van der Waals surface area (Å²) in [6, 6.07) is 0. The van der Waals surface area contributed by atoms with E-state index in [0.717, 1.165) is 19.3 Å². The maximum Gasteiger partial charge on any atom is 0.0549 e. The summed E-state index contributed by atoms with van der Waals surface area (Å²) in [5.74, 6) is 1.25. The van der Waals surface area contributed by atoms with Crippen LogP contribution in [0, 0.1) is 5.41 Å². The predicted octanol–water partition coefficient (Wildman–Crippen LogP) is 3.68. The van der Waals surface area contributed by atoms with E-state index in [9.17, 15) is 0 Å². The van der Waals surface area contributed by atoms with Crippen LogP contribution in [0.2, 0.25) is 0 Å². The Kier molecular flexibility index (Phi) is 7.20. The van der Waals surface area contributed by atoms with Crippen molar-refractivity contribution in [3.63, 3.8) is 0 Å². The summed E-state index contributed by atoms with van der Waals surface area (Å²) in [4.78, 5) is 0. The van der Waals surface area contributed by atoms with E-state index < -0.39 is 0 Å². The van der Waals surface area contributed by atoms with Crippen LogP contribution in [0.5, 0.6) is 0 Å². The zero-order valence-electron chi connectivity index (χ0n) is 8.78. The SMILES string of the molecule is CCCC(CCl)(CCl)CC(C)OC. The second-order valence-corrected chi connectivity index (χ2v) is 4.30. The normalized spacial score (nSPS) is 14.5. The number of ether oxygens (including phenoxy) is 1. The van der Waals surface area contributed by atoms with Crippen LogP contribution in [-0.2, 0) is 4.74 Å². The Labute approximate surface area is 91.7 Å². The second kappa shape index (κ2) is 6.92. The van der Waals surface area contributed by atoms with E-state index in [0.29, 0.717) is 11.8 Å². The minimum Gasteiger partial charge on any atom is -0.382 e. The molecule has 3 heteroatoms. The molecule has 0 aromatic carbocycles. The van der Waals surface area contributed by atoms with E-state index in [4.69, 9.17) is 27.9 Å². The van der Waals surface area contributed by atoms with E-state index >= 15 is 0 Å². The smallest absolute Gasteiger partial charge is 0.0549 e. The van der Waals surface area contributed by atoms with Crippen LogP contribution in [0.15, 0.2) is 0 Å². The van der Waals surface area contributed by atoms with Crippen LogP contribution in [0.1, 0.15) is 33.1 Å². The van der Waals surface area contributed by atoms with Gasteiger partial charge in [-0.25, -0.2) is 0 Å². The second-order valence-electron chi connectivity index (χ2n) is 3.77. The van der Waals surface area contributed by atoms with Crippen molar-refractivity contribution in [2.45, 2.75) is 39.2 Å². The Hall–Kier alpha value is 0.540. The molecule has 0 aliphatic rings. The van der Waals surface area contributed by atoms with Crippen molar-refractivity contribution < 1.29 is 4.74 Å². The standard InChI is InChI=1S/C10H20Cl2O/c1-4-5-10(7-11,8-12)6-9(2)13-3/h9H,4-8H2,1-3H3. The van der Waals surface area contributed by atoms with E-state index in [2.05, 4.69) is 13.8 Å². The fraction of sp³-hybridized carbons (Fsp3) is 1.00. The largest absolute Gasteiger partial charge is 0.382 e. The highest BCUT2D eigenvalue weighted by Gasteiger charge is 2.29. The molecule has 0 spiro atoms. The highest BCUT2D eigenvalue weighted by Crippen LogP contribution is 2.33. The molecule has 13 heavy (non-hydrogen) atoms. The van der Waals surface area contributed by atoms with Gasteiger partial charge >= 0.3 is 0 Å². The van der Waals surface area contributed by atoms with Crippen LogP contribution in [0.25, 0.3) is 0 Å². The Morgan fingerprint density at radius 3 is 2.15 bits per heavy atom. The molecule has 0 N–H and O–H groups in total. The summed E-state index contributed by atoms with van der Waals surface area (Å²) in [5, 5.41) is 0. The molecular weight excluding hydrogens is 207 g/mol. The van der Waals surface area contributed by atoms with Crippen molar-refractivity contribution in [2.75, 3.05) is 18.9 Å². The zero-order valence-corrected chi connectivity index (χ0v) is 10.3. The summed E-state index contributed by atoms with van der Waals surface area (Å²) >= 11 is 11.9. The molecule has 0 radical (unpaired) electrons. The Balaban J connectivity index is 4.19. The van der Waals surface area contributed by atoms with Crippen LogP contribution < -0.4 is 0 Å². The van der Waals surface area contributed by atoms with Gasteiger partial charge in [-0.15, -0.1) is 23.2 Å². The van der Waals surface area contributed by atoms with E-state index in [1.165, 1.54) is 0 Å². The summed E-state index contributed by atoms with van der Waals surface area (Å²) in [6.07, 6.45) is 3.39. The van der Waals surface area contributed by atoms with Gasteiger partial charge in [0.15, 0.2) is 0 Å². The molecular formula is C10H20Cl2O. The molecule has 0 aromatic heterocycles. The zero-order chi connectivity index (χ0) is 10.3. The van der Waals surface area contributed by atoms with Crippen molar-refractivity contribution in [3.05, 3.63) is 0 Å². The number of hydrogen-bond acceptors (Lipinski definition) is 1. The van der Waals surface area contributed by atoms with Crippen molar-refractivity contribution in [3.8, 4) is 0 Å². The summed E-state index contributed by atoms with van der Waals surface area (Å²) in [7, 11) is 1.73. The molecule has 0 saturated heterocycles. The van der Waals surface area contributed by atoms with E-state index in [1.54, 1.807) is 7.11 Å². The van der Waals surface area contributed by atoms with Crippen molar-refractivity contribution >= 4 is 23.2 Å². The molecule has 1 nitrogen and oxygen atoms in total. The van der Waals surface area contributed by atoms with Crippen LogP contribution in [-0.4, -0.2) is 25.0 Å². The summed E-state index contributed by atoms with van der Waals surface area (Å²) < 4.78 is 5.24. The molecule has 0 heterocycles. The third kappa shape index (κ3) is 4.53. The fourth-order valence-corrected chi connectivity index (χ4v) is 2.38. The van der Waals surface area contributed by atoms with Crippen LogP contribution in [0.3, 0.4) is 0 Å². The highest BCUT2D eigenvalue weighted by molar-refractivity contribution is 6.21. The molecule has 0 amide bonds. The van der Waals surface area contributed by atoms with Gasteiger partial charge < -0.3 is 4.74 Å². The average Bonchev–Trinajstić information content (AvgIpc) is 2.17. The molecule has 0 fully saturated rings. The van der Waals surface area contributed by atoms with Gasteiger partial charge in [-0.1, -0.05) is 13.3 Å². The lowest BCUT2D eigenvalue weighted by atomic mass is 9.82. The summed E-state index contributed by atoms with van der Waals surface area (Å²) in [6.45, 7) is 4.22. The Bertz CT molecular complexity index is 124. The van der Waals surface area contributed by atoms with Crippen molar-refractivity contribution in [2.24, 2.45) is 5.41 Å². The van der Waals surface area contributed by atoms with E-state index in [1.807, 2.05) is 0 Å². The van der Waals surface area contributed by atoms with Gasteiger partial charge in [-0.3, -0.25) is 0 Å². The van der Waals surface area contributed by atoms with Gasteiger partial charge in [0.05, 0.1) is 6.10 Å². The molecule has 0 bridgehead atoms. The molecule has 0 aromatic rings. The first kappa shape index (κ1) is 13.5. The highest BCUT2D eigenvalue weighted by atomic mass is 35.5. The Morgan fingerprint density at radius 2 is 1.85 bits per heavy atom.